The van der Waals surface area contributed by atoms with E-state index in [0.717, 1.165) is 70.7 Å². The summed E-state index contributed by atoms with van der Waals surface area (Å²) >= 11 is 0. The molecule has 0 saturated carbocycles. The van der Waals surface area contributed by atoms with Gasteiger partial charge in [-0.1, -0.05) is 29.8 Å². The summed E-state index contributed by atoms with van der Waals surface area (Å²) in [5.74, 6) is 1.94. The van der Waals surface area contributed by atoms with E-state index in [4.69, 9.17) is 4.74 Å². The van der Waals surface area contributed by atoms with Crippen LogP contribution in [-0.4, -0.2) is 67.6 Å². The minimum Gasteiger partial charge on any atom is -0.378 e. The first-order chi connectivity index (χ1) is 12.8. The standard InChI is InChI=1S/C20H27N5O/c1-17-2-4-18(5-3-17)16-23-8-10-24(11-9-23)19-6-7-20(22-21-19)25-12-14-26-15-13-25/h2-7H,8-16H2,1H3. The molecule has 2 saturated heterocycles. The van der Waals surface area contributed by atoms with E-state index in [1.54, 1.807) is 0 Å². The molecule has 138 valence electrons. The molecule has 2 aliphatic heterocycles. The zero-order valence-corrected chi connectivity index (χ0v) is 15.5. The lowest BCUT2D eigenvalue weighted by atomic mass is 10.1. The largest absolute Gasteiger partial charge is 0.378 e. The summed E-state index contributed by atoms with van der Waals surface area (Å²) in [6, 6.07) is 13.0. The van der Waals surface area contributed by atoms with Gasteiger partial charge in [-0.15, -0.1) is 10.2 Å². The minimum absolute atomic E-state index is 0.770. The van der Waals surface area contributed by atoms with E-state index in [2.05, 4.69) is 68.2 Å². The highest BCUT2D eigenvalue weighted by Crippen LogP contribution is 2.18. The first kappa shape index (κ1) is 17.2. The molecule has 0 amide bonds. The summed E-state index contributed by atoms with van der Waals surface area (Å²) in [5.41, 5.74) is 2.70. The van der Waals surface area contributed by atoms with Gasteiger partial charge in [-0.25, -0.2) is 0 Å². The Kier molecular flexibility index (Phi) is 5.32. The fourth-order valence-corrected chi connectivity index (χ4v) is 3.53. The van der Waals surface area contributed by atoms with E-state index < -0.39 is 0 Å². The lowest BCUT2D eigenvalue weighted by Crippen LogP contribution is -2.46. The number of nitrogens with zero attached hydrogens (tertiary/aromatic N) is 5. The van der Waals surface area contributed by atoms with Crippen molar-refractivity contribution in [2.24, 2.45) is 0 Å². The molecular weight excluding hydrogens is 326 g/mol. The molecule has 0 atom stereocenters. The van der Waals surface area contributed by atoms with Crippen LogP contribution in [0.2, 0.25) is 0 Å². The van der Waals surface area contributed by atoms with Crippen molar-refractivity contribution in [3.63, 3.8) is 0 Å². The maximum atomic E-state index is 5.40. The SMILES string of the molecule is Cc1ccc(CN2CCN(c3ccc(N4CCOCC4)nn3)CC2)cc1. The molecule has 1 aromatic carbocycles. The van der Waals surface area contributed by atoms with Crippen LogP contribution in [0.25, 0.3) is 0 Å². The molecule has 1 aromatic heterocycles. The van der Waals surface area contributed by atoms with E-state index in [1.165, 1.54) is 11.1 Å². The highest BCUT2D eigenvalue weighted by Gasteiger charge is 2.19. The number of piperazine rings is 1. The van der Waals surface area contributed by atoms with Gasteiger partial charge in [-0.05, 0) is 24.6 Å². The molecule has 6 heteroatoms. The Labute approximate surface area is 155 Å². The second-order valence-electron chi connectivity index (χ2n) is 7.10. The van der Waals surface area contributed by atoms with Crippen LogP contribution in [0.3, 0.4) is 0 Å². The average molecular weight is 353 g/mol. The third kappa shape index (κ3) is 4.14. The van der Waals surface area contributed by atoms with E-state index in [-0.39, 0.29) is 0 Å². The van der Waals surface area contributed by atoms with E-state index in [1.807, 2.05) is 0 Å². The summed E-state index contributed by atoms with van der Waals surface area (Å²) < 4.78 is 5.40. The number of hydrogen-bond acceptors (Lipinski definition) is 6. The number of hydrogen-bond donors (Lipinski definition) is 0. The lowest BCUT2D eigenvalue weighted by Gasteiger charge is -2.35. The molecule has 0 bridgehead atoms. The molecule has 0 unspecified atom stereocenters. The number of anilines is 2. The monoisotopic (exact) mass is 353 g/mol. The van der Waals surface area contributed by atoms with E-state index >= 15 is 0 Å². The molecule has 6 nitrogen and oxygen atoms in total. The van der Waals surface area contributed by atoms with Crippen LogP contribution in [-0.2, 0) is 11.3 Å². The Morgan fingerprint density at radius 2 is 1.35 bits per heavy atom. The van der Waals surface area contributed by atoms with Gasteiger partial charge in [-0.3, -0.25) is 4.90 Å². The number of rotatable bonds is 4. The average Bonchev–Trinajstić information content (AvgIpc) is 2.71. The Bertz CT molecular complexity index is 689. The third-order valence-electron chi connectivity index (χ3n) is 5.19. The van der Waals surface area contributed by atoms with Gasteiger partial charge in [0, 0.05) is 45.8 Å². The predicted octanol–water partition coefficient (Wildman–Crippen LogP) is 1.94. The summed E-state index contributed by atoms with van der Waals surface area (Å²) in [6.45, 7) is 10.6. The predicted molar refractivity (Wildman–Crippen MR) is 104 cm³/mol. The van der Waals surface area contributed by atoms with Crippen LogP contribution < -0.4 is 9.80 Å². The zero-order chi connectivity index (χ0) is 17.8. The third-order valence-corrected chi connectivity index (χ3v) is 5.19. The molecule has 2 fully saturated rings. The fourth-order valence-electron chi connectivity index (χ4n) is 3.53. The highest BCUT2D eigenvalue weighted by atomic mass is 16.5. The second kappa shape index (κ2) is 8.01. The minimum atomic E-state index is 0.770. The number of aryl methyl sites for hydroxylation is 1. The Morgan fingerprint density at radius 3 is 1.92 bits per heavy atom. The van der Waals surface area contributed by atoms with Gasteiger partial charge in [0.15, 0.2) is 11.6 Å². The summed E-state index contributed by atoms with van der Waals surface area (Å²) in [7, 11) is 0. The number of morpholine rings is 1. The van der Waals surface area contributed by atoms with Crippen LogP contribution in [0, 0.1) is 6.92 Å². The molecule has 0 N–H and O–H groups in total. The van der Waals surface area contributed by atoms with E-state index in [0.29, 0.717) is 0 Å². The second-order valence-corrected chi connectivity index (χ2v) is 7.10. The number of benzene rings is 1. The van der Waals surface area contributed by atoms with E-state index in [9.17, 15) is 0 Å². The lowest BCUT2D eigenvalue weighted by molar-refractivity contribution is 0.122. The van der Waals surface area contributed by atoms with Gasteiger partial charge < -0.3 is 14.5 Å². The zero-order valence-electron chi connectivity index (χ0n) is 15.5. The van der Waals surface area contributed by atoms with Gasteiger partial charge >= 0.3 is 0 Å². The van der Waals surface area contributed by atoms with Gasteiger partial charge in [-0.2, -0.15) is 0 Å². The van der Waals surface area contributed by atoms with Crippen LogP contribution in [0.4, 0.5) is 11.6 Å². The van der Waals surface area contributed by atoms with Gasteiger partial charge in [0.25, 0.3) is 0 Å². The van der Waals surface area contributed by atoms with Crippen LogP contribution in [0.5, 0.6) is 0 Å². The summed E-state index contributed by atoms with van der Waals surface area (Å²) in [6.07, 6.45) is 0. The molecule has 2 aromatic rings. The molecule has 3 heterocycles. The van der Waals surface area contributed by atoms with Crippen LogP contribution in [0.1, 0.15) is 11.1 Å². The molecule has 4 rings (SSSR count). The molecule has 0 aliphatic carbocycles. The Hall–Kier alpha value is -2.18. The van der Waals surface area contributed by atoms with Gasteiger partial charge in [0.2, 0.25) is 0 Å². The molecule has 0 spiro atoms. The van der Waals surface area contributed by atoms with Gasteiger partial charge in [0.05, 0.1) is 13.2 Å². The van der Waals surface area contributed by atoms with Crippen molar-refractivity contribution in [2.45, 2.75) is 13.5 Å². The number of aromatic nitrogens is 2. The quantitative estimate of drug-likeness (QED) is 0.837. The highest BCUT2D eigenvalue weighted by molar-refractivity contribution is 5.45. The Balaban J connectivity index is 1.30. The molecular formula is C20H27N5O. The number of ether oxygens (including phenoxy) is 1. The topological polar surface area (TPSA) is 44.7 Å². The van der Waals surface area contributed by atoms with Crippen molar-refractivity contribution in [2.75, 3.05) is 62.3 Å². The maximum Gasteiger partial charge on any atom is 0.151 e. The first-order valence-electron chi connectivity index (χ1n) is 9.47. The van der Waals surface area contributed by atoms with Crippen molar-refractivity contribution in [3.05, 3.63) is 47.5 Å². The summed E-state index contributed by atoms with van der Waals surface area (Å²) in [4.78, 5) is 7.08. The van der Waals surface area contributed by atoms with Crippen LogP contribution in [0.15, 0.2) is 36.4 Å². The Morgan fingerprint density at radius 1 is 0.769 bits per heavy atom. The molecule has 0 radical (unpaired) electrons. The van der Waals surface area contributed by atoms with Crippen molar-refractivity contribution < 1.29 is 4.74 Å². The summed E-state index contributed by atoms with van der Waals surface area (Å²) in [5, 5.41) is 8.91. The molecule has 26 heavy (non-hydrogen) atoms. The fraction of sp³-hybridized carbons (Fsp3) is 0.500. The first-order valence-corrected chi connectivity index (χ1v) is 9.47. The normalized spacial score (nSPS) is 19.0. The van der Waals surface area contributed by atoms with Gasteiger partial charge in [0.1, 0.15) is 0 Å². The smallest absolute Gasteiger partial charge is 0.151 e. The van der Waals surface area contributed by atoms with Crippen molar-refractivity contribution in [1.82, 2.24) is 15.1 Å². The van der Waals surface area contributed by atoms with Crippen LogP contribution >= 0.6 is 0 Å². The van der Waals surface area contributed by atoms with Crippen molar-refractivity contribution >= 4 is 11.6 Å². The van der Waals surface area contributed by atoms with Crippen molar-refractivity contribution in [3.8, 4) is 0 Å². The molecule has 2 aliphatic rings. The van der Waals surface area contributed by atoms with Crippen molar-refractivity contribution in [1.29, 1.82) is 0 Å². The maximum absolute atomic E-state index is 5.40.